The maximum Gasteiger partial charge on any atom is 0.326 e. The number of sulfonamides is 1. The Morgan fingerprint density at radius 2 is 1.86 bits per heavy atom. The van der Waals surface area contributed by atoms with Crippen LogP contribution >= 0.6 is 0 Å². The van der Waals surface area contributed by atoms with E-state index in [4.69, 9.17) is 21.0 Å². The van der Waals surface area contributed by atoms with E-state index in [-0.39, 0.29) is 36.7 Å². The fraction of sp³-hybridized carbons (Fsp3) is 0.375. The van der Waals surface area contributed by atoms with E-state index in [1.165, 1.54) is 6.07 Å². The van der Waals surface area contributed by atoms with Gasteiger partial charge in [0.2, 0.25) is 10.0 Å². The molecule has 11 nitrogen and oxygen atoms in total. The molecule has 0 heterocycles. The summed E-state index contributed by atoms with van der Waals surface area (Å²) in [6.45, 7) is 5.16. The molecule has 196 valence electrons. The average molecular weight is 521 g/mol. The van der Waals surface area contributed by atoms with Gasteiger partial charge in [-0.3, -0.25) is 10.2 Å². The highest BCUT2D eigenvalue weighted by Gasteiger charge is 2.21. The summed E-state index contributed by atoms with van der Waals surface area (Å²) in [4.78, 5) is 22.9. The Hall–Kier alpha value is -3.64. The van der Waals surface area contributed by atoms with E-state index in [1.54, 1.807) is 19.1 Å². The van der Waals surface area contributed by atoms with Gasteiger partial charge < -0.3 is 26.0 Å². The summed E-state index contributed by atoms with van der Waals surface area (Å²) in [7, 11) is -4.11. The molecule has 0 aliphatic carbocycles. The van der Waals surface area contributed by atoms with Crippen molar-refractivity contribution in [3.63, 3.8) is 0 Å². The Labute approximate surface area is 210 Å². The zero-order valence-corrected chi connectivity index (χ0v) is 21.2. The number of nitrogens with two attached hydrogens (primary N) is 1. The molecule has 1 unspecified atom stereocenters. The molecule has 7 N–H and O–H groups in total. The summed E-state index contributed by atoms with van der Waals surface area (Å²) < 4.78 is 33.6. The van der Waals surface area contributed by atoms with Crippen molar-refractivity contribution < 1.29 is 33.0 Å². The fourth-order valence-corrected chi connectivity index (χ4v) is 4.44. The Morgan fingerprint density at radius 1 is 1.17 bits per heavy atom. The summed E-state index contributed by atoms with van der Waals surface area (Å²) in [5.74, 6) is -2.00. The van der Waals surface area contributed by atoms with Gasteiger partial charge in [0.25, 0.3) is 5.91 Å². The van der Waals surface area contributed by atoms with Crippen molar-refractivity contribution in [1.29, 1.82) is 5.41 Å². The lowest BCUT2D eigenvalue weighted by Crippen LogP contribution is -2.42. The van der Waals surface area contributed by atoms with E-state index in [0.717, 1.165) is 17.7 Å². The third kappa shape index (κ3) is 7.68. The third-order valence-corrected chi connectivity index (χ3v) is 6.90. The quantitative estimate of drug-likeness (QED) is 0.170. The summed E-state index contributed by atoms with van der Waals surface area (Å²) >= 11 is 0. The standard InChI is InChI=1S/C24H32N4O7S/c1-4-18(24(31)32)28-22(30)13-35-20-11-16(14(2)3)6-5-15(20)9-10-27-36(33,34)21-12-17(23(25)26)7-8-19(21)29/h5-8,11-12,14,18,27,29H,4,9-10,13H2,1-3H3,(H3,25,26)(H,28,30)(H,31,32). The fourth-order valence-electron chi connectivity index (χ4n) is 3.28. The summed E-state index contributed by atoms with van der Waals surface area (Å²) in [6, 6.07) is 8.00. The first-order valence-electron chi connectivity index (χ1n) is 11.3. The van der Waals surface area contributed by atoms with Gasteiger partial charge in [-0.15, -0.1) is 0 Å². The van der Waals surface area contributed by atoms with Crippen LogP contribution in [0.2, 0.25) is 0 Å². The Bertz CT molecular complexity index is 1230. The molecule has 0 aromatic heterocycles. The molecule has 0 saturated carbocycles. The van der Waals surface area contributed by atoms with Gasteiger partial charge in [-0.1, -0.05) is 32.9 Å². The minimum absolute atomic E-state index is 0.0490. The van der Waals surface area contributed by atoms with Crippen LogP contribution in [0.3, 0.4) is 0 Å². The molecule has 0 radical (unpaired) electrons. The second kappa shape index (κ2) is 12.4. The van der Waals surface area contributed by atoms with Crippen LogP contribution in [0, 0.1) is 5.41 Å². The number of hydrogen-bond acceptors (Lipinski definition) is 7. The van der Waals surface area contributed by atoms with Gasteiger partial charge in [-0.2, -0.15) is 0 Å². The van der Waals surface area contributed by atoms with E-state index in [2.05, 4.69) is 10.0 Å². The molecule has 0 bridgehead atoms. The number of nitrogen functional groups attached to an aromatic ring is 1. The molecule has 2 aromatic rings. The van der Waals surface area contributed by atoms with E-state index in [0.29, 0.717) is 11.3 Å². The molecule has 36 heavy (non-hydrogen) atoms. The number of phenolic OH excluding ortho intramolecular Hbond substituents is 1. The number of aliphatic carboxylic acids is 1. The number of benzene rings is 2. The second-order valence-corrected chi connectivity index (χ2v) is 10.2. The minimum Gasteiger partial charge on any atom is -0.507 e. The van der Waals surface area contributed by atoms with Crippen molar-refractivity contribution >= 4 is 27.7 Å². The summed E-state index contributed by atoms with van der Waals surface area (Å²) in [6.07, 6.45) is 0.425. The number of rotatable bonds is 13. The molecule has 2 aromatic carbocycles. The first-order chi connectivity index (χ1) is 16.9. The number of aromatic hydroxyl groups is 1. The van der Waals surface area contributed by atoms with Gasteiger partial charge in [0, 0.05) is 12.1 Å². The largest absolute Gasteiger partial charge is 0.507 e. The van der Waals surface area contributed by atoms with E-state index in [1.807, 2.05) is 19.9 Å². The van der Waals surface area contributed by atoms with E-state index >= 15 is 0 Å². The van der Waals surface area contributed by atoms with Crippen LogP contribution < -0.4 is 20.5 Å². The van der Waals surface area contributed by atoms with Crippen molar-refractivity contribution in [3.8, 4) is 11.5 Å². The predicted octanol–water partition coefficient (Wildman–Crippen LogP) is 1.68. The third-order valence-electron chi connectivity index (χ3n) is 5.40. The maximum absolute atomic E-state index is 12.7. The van der Waals surface area contributed by atoms with Gasteiger partial charge in [0.05, 0.1) is 0 Å². The van der Waals surface area contributed by atoms with Gasteiger partial charge in [0.1, 0.15) is 28.3 Å². The van der Waals surface area contributed by atoms with Gasteiger partial charge >= 0.3 is 5.97 Å². The van der Waals surface area contributed by atoms with Crippen molar-refractivity contribution in [2.24, 2.45) is 5.73 Å². The number of amidine groups is 1. The normalized spacial score (nSPS) is 12.2. The van der Waals surface area contributed by atoms with Crippen molar-refractivity contribution in [1.82, 2.24) is 10.0 Å². The number of phenols is 1. The first-order valence-corrected chi connectivity index (χ1v) is 12.8. The first kappa shape index (κ1) is 28.6. The molecule has 1 atom stereocenters. The average Bonchev–Trinajstić information content (AvgIpc) is 2.81. The van der Waals surface area contributed by atoms with E-state index < -0.39 is 45.2 Å². The number of nitrogens with one attached hydrogen (secondary N) is 3. The molecule has 0 fully saturated rings. The molecule has 0 aliphatic rings. The Kier molecular flexibility index (Phi) is 9.82. The van der Waals surface area contributed by atoms with Crippen molar-refractivity contribution in [3.05, 3.63) is 53.1 Å². The topological polar surface area (TPSA) is 192 Å². The monoisotopic (exact) mass is 520 g/mol. The van der Waals surface area contributed by atoms with Crippen LogP contribution in [0.4, 0.5) is 0 Å². The van der Waals surface area contributed by atoms with Crippen molar-refractivity contribution in [2.45, 2.75) is 50.5 Å². The Morgan fingerprint density at radius 3 is 2.44 bits per heavy atom. The number of ether oxygens (including phenoxy) is 1. The minimum atomic E-state index is -4.11. The zero-order valence-electron chi connectivity index (χ0n) is 20.4. The van der Waals surface area contributed by atoms with Crippen molar-refractivity contribution in [2.75, 3.05) is 13.2 Å². The number of carbonyl (C=O) groups excluding carboxylic acids is 1. The van der Waals surface area contributed by atoms with Crippen LogP contribution in [0.1, 0.15) is 49.8 Å². The lowest BCUT2D eigenvalue weighted by Gasteiger charge is -2.17. The molecule has 0 aliphatic heterocycles. The molecule has 0 spiro atoms. The van der Waals surface area contributed by atoms with E-state index in [9.17, 15) is 23.1 Å². The Balaban J connectivity index is 2.15. The highest BCUT2D eigenvalue weighted by Crippen LogP contribution is 2.26. The smallest absolute Gasteiger partial charge is 0.326 e. The van der Waals surface area contributed by atoms with Crippen LogP contribution in [0.15, 0.2) is 41.3 Å². The van der Waals surface area contributed by atoms with Crippen LogP contribution in [-0.4, -0.2) is 55.5 Å². The molecule has 12 heteroatoms. The molecule has 1 amide bonds. The predicted molar refractivity (Wildman–Crippen MR) is 134 cm³/mol. The highest BCUT2D eigenvalue weighted by molar-refractivity contribution is 7.89. The number of hydrogen-bond donors (Lipinski definition) is 6. The molecular formula is C24H32N4O7S. The summed E-state index contributed by atoms with van der Waals surface area (Å²) in [5, 5.41) is 29.0. The SMILES string of the molecule is CCC(NC(=O)COc1cc(C(C)C)ccc1CCNS(=O)(=O)c1cc(C(=N)N)ccc1O)C(=O)O. The van der Waals surface area contributed by atoms with Crippen LogP contribution in [0.5, 0.6) is 11.5 Å². The lowest BCUT2D eigenvalue weighted by atomic mass is 10.00. The molecule has 0 saturated heterocycles. The maximum atomic E-state index is 12.7. The van der Waals surface area contributed by atoms with Gasteiger partial charge in [-0.25, -0.2) is 17.9 Å². The van der Waals surface area contributed by atoms with Crippen LogP contribution in [-0.2, 0) is 26.0 Å². The number of carbonyl (C=O) groups is 2. The van der Waals surface area contributed by atoms with Gasteiger partial charge in [0.15, 0.2) is 6.61 Å². The van der Waals surface area contributed by atoms with Gasteiger partial charge in [-0.05, 0) is 54.2 Å². The number of amides is 1. The molecular weight excluding hydrogens is 488 g/mol. The number of carboxylic acid groups (broad SMARTS) is 1. The lowest BCUT2D eigenvalue weighted by molar-refractivity contribution is -0.142. The number of carboxylic acids is 1. The molecule has 2 rings (SSSR count). The van der Waals surface area contributed by atoms with Crippen LogP contribution in [0.25, 0.3) is 0 Å². The second-order valence-electron chi connectivity index (χ2n) is 8.42. The zero-order chi connectivity index (χ0) is 27.0. The highest BCUT2D eigenvalue weighted by atomic mass is 32.2. The summed E-state index contributed by atoms with van der Waals surface area (Å²) in [5.41, 5.74) is 7.14.